The van der Waals surface area contributed by atoms with Crippen molar-refractivity contribution in [2.24, 2.45) is 7.05 Å². The third-order valence-electron chi connectivity index (χ3n) is 3.33. The smallest absolute Gasteiger partial charge is 0.198 e. The van der Waals surface area contributed by atoms with E-state index in [-0.39, 0.29) is 5.78 Å². The molecule has 0 amide bonds. The molecule has 1 aromatic heterocycles. The molecule has 0 fully saturated rings. The van der Waals surface area contributed by atoms with Crippen LogP contribution in [0.1, 0.15) is 75.3 Å². The monoisotopic (exact) mass is 250 g/mol. The molecule has 1 rings (SSSR count). The molecule has 102 valence electrons. The van der Waals surface area contributed by atoms with Crippen LogP contribution in [0.4, 0.5) is 0 Å². The molecule has 0 aliphatic rings. The predicted molar refractivity (Wildman–Crippen MR) is 74.8 cm³/mol. The van der Waals surface area contributed by atoms with E-state index in [1.807, 2.05) is 13.2 Å². The van der Waals surface area contributed by atoms with Crippen LogP contribution in [0.5, 0.6) is 0 Å². The summed E-state index contributed by atoms with van der Waals surface area (Å²) in [6.45, 7) is 2.24. The van der Waals surface area contributed by atoms with Gasteiger partial charge in [0.05, 0.1) is 0 Å². The molecule has 0 atom stereocenters. The highest BCUT2D eigenvalue weighted by Gasteiger charge is 2.09. The van der Waals surface area contributed by atoms with E-state index < -0.39 is 0 Å². The van der Waals surface area contributed by atoms with Crippen molar-refractivity contribution < 1.29 is 4.79 Å². The van der Waals surface area contributed by atoms with Crippen molar-refractivity contribution in [2.75, 3.05) is 0 Å². The van der Waals surface area contributed by atoms with Crippen LogP contribution in [0.3, 0.4) is 0 Å². The molecule has 0 unspecified atom stereocenters. The fourth-order valence-corrected chi connectivity index (χ4v) is 2.17. The minimum absolute atomic E-state index is 0.175. The summed E-state index contributed by atoms with van der Waals surface area (Å²) in [5.41, 5.74) is 0. The topological polar surface area (TPSA) is 34.9 Å². The fraction of sp³-hybridized carbons (Fsp3) is 0.733. The Morgan fingerprint density at radius 2 is 1.72 bits per heavy atom. The second-order valence-corrected chi connectivity index (χ2v) is 5.01. The lowest BCUT2D eigenvalue weighted by molar-refractivity contribution is 0.0966. The Kier molecular flexibility index (Phi) is 7.38. The molecule has 0 N–H and O–H groups in total. The van der Waals surface area contributed by atoms with Crippen molar-refractivity contribution in [3.63, 3.8) is 0 Å². The van der Waals surface area contributed by atoms with Crippen molar-refractivity contribution in [1.82, 2.24) is 9.55 Å². The van der Waals surface area contributed by atoms with Gasteiger partial charge in [-0.2, -0.15) is 0 Å². The van der Waals surface area contributed by atoms with Crippen LogP contribution < -0.4 is 0 Å². The first-order chi connectivity index (χ1) is 8.75. The van der Waals surface area contributed by atoms with Crippen molar-refractivity contribution in [1.29, 1.82) is 0 Å². The Bertz CT molecular complexity index is 344. The third kappa shape index (κ3) is 5.48. The van der Waals surface area contributed by atoms with E-state index >= 15 is 0 Å². The van der Waals surface area contributed by atoms with Gasteiger partial charge in [0.1, 0.15) is 0 Å². The molecule has 1 aromatic rings. The maximum absolute atomic E-state index is 11.8. The largest absolute Gasteiger partial charge is 0.332 e. The van der Waals surface area contributed by atoms with Crippen LogP contribution in [0.2, 0.25) is 0 Å². The van der Waals surface area contributed by atoms with Gasteiger partial charge in [-0.25, -0.2) is 4.98 Å². The summed E-state index contributed by atoms with van der Waals surface area (Å²) in [5.74, 6) is 0.770. The van der Waals surface area contributed by atoms with Crippen molar-refractivity contribution in [3.05, 3.63) is 18.2 Å². The van der Waals surface area contributed by atoms with Crippen LogP contribution in [0.15, 0.2) is 12.4 Å². The number of hydrogen-bond donors (Lipinski definition) is 0. The highest BCUT2D eigenvalue weighted by molar-refractivity contribution is 5.92. The predicted octanol–water partition coefficient (Wildman–Crippen LogP) is 4.13. The molecule has 0 aliphatic carbocycles. The quantitative estimate of drug-likeness (QED) is 0.462. The molecule has 0 bridgehead atoms. The lowest BCUT2D eigenvalue weighted by Crippen LogP contribution is -2.06. The molecule has 0 spiro atoms. The van der Waals surface area contributed by atoms with E-state index in [0.717, 1.165) is 6.42 Å². The fourth-order valence-electron chi connectivity index (χ4n) is 2.17. The van der Waals surface area contributed by atoms with E-state index in [1.54, 1.807) is 10.8 Å². The summed E-state index contributed by atoms with van der Waals surface area (Å²) in [4.78, 5) is 15.9. The first-order valence-electron chi connectivity index (χ1n) is 7.26. The van der Waals surface area contributed by atoms with Crippen LogP contribution in [0, 0.1) is 0 Å². The molecule has 18 heavy (non-hydrogen) atoms. The molecule has 0 radical (unpaired) electrons. The summed E-state index contributed by atoms with van der Waals surface area (Å²) in [6.07, 6.45) is 14.3. The number of hydrogen-bond acceptors (Lipinski definition) is 2. The first-order valence-corrected chi connectivity index (χ1v) is 7.26. The molecule has 0 aliphatic heterocycles. The van der Waals surface area contributed by atoms with Gasteiger partial charge in [-0.05, 0) is 6.42 Å². The average molecular weight is 250 g/mol. The average Bonchev–Trinajstić information content (AvgIpc) is 2.79. The summed E-state index contributed by atoms with van der Waals surface area (Å²) in [7, 11) is 1.87. The Morgan fingerprint density at radius 3 is 2.28 bits per heavy atom. The third-order valence-corrected chi connectivity index (χ3v) is 3.33. The van der Waals surface area contributed by atoms with Gasteiger partial charge in [0.25, 0.3) is 0 Å². The lowest BCUT2D eigenvalue weighted by atomic mass is 10.1. The van der Waals surface area contributed by atoms with E-state index in [4.69, 9.17) is 0 Å². The molecule has 0 saturated heterocycles. The van der Waals surface area contributed by atoms with Gasteiger partial charge >= 0.3 is 0 Å². The summed E-state index contributed by atoms with van der Waals surface area (Å²) in [5, 5.41) is 0. The van der Waals surface area contributed by atoms with Crippen LogP contribution in [-0.4, -0.2) is 15.3 Å². The molecular weight excluding hydrogens is 224 g/mol. The van der Waals surface area contributed by atoms with E-state index in [2.05, 4.69) is 11.9 Å². The zero-order chi connectivity index (χ0) is 13.2. The number of imidazole rings is 1. The second kappa shape index (κ2) is 8.90. The number of aromatic nitrogens is 2. The number of rotatable bonds is 10. The van der Waals surface area contributed by atoms with Gasteiger partial charge in [-0.1, -0.05) is 51.9 Å². The zero-order valence-corrected chi connectivity index (χ0v) is 11.8. The maximum atomic E-state index is 11.8. The SMILES string of the molecule is CCCCCCCCCCC(=O)c1nccn1C. The minimum atomic E-state index is 0.175. The van der Waals surface area contributed by atoms with Crippen LogP contribution in [-0.2, 0) is 7.05 Å². The maximum Gasteiger partial charge on any atom is 0.198 e. The lowest BCUT2D eigenvalue weighted by Gasteiger charge is -2.02. The van der Waals surface area contributed by atoms with E-state index in [9.17, 15) is 4.79 Å². The summed E-state index contributed by atoms with van der Waals surface area (Å²) >= 11 is 0. The number of nitrogens with zero attached hydrogens (tertiary/aromatic N) is 2. The van der Waals surface area contributed by atoms with Crippen molar-refractivity contribution >= 4 is 5.78 Å². The van der Waals surface area contributed by atoms with Gasteiger partial charge in [0, 0.05) is 25.9 Å². The Hall–Kier alpha value is -1.12. The van der Waals surface area contributed by atoms with Gasteiger partial charge in [0.2, 0.25) is 0 Å². The van der Waals surface area contributed by atoms with Crippen molar-refractivity contribution in [3.8, 4) is 0 Å². The number of Topliss-reactive ketones (excluding diaryl/α,β-unsaturated/α-hetero) is 1. The Morgan fingerprint density at radius 1 is 1.11 bits per heavy atom. The number of carbonyl (C=O) groups excluding carboxylic acids is 1. The van der Waals surface area contributed by atoms with E-state index in [1.165, 1.54) is 44.9 Å². The van der Waals surface area contributed by atoms with Gasteiger partial charge in [0.15, 0.2) is 11.6 Å². The van der Waals surface area contributed by atoms with Crippen molar-refractivity contribution in [2.45, 2.75) is 64.7 Å². The molecule has 1 heterocycles. The van der Waals surface area contributed by atoms with Gasteiger partial charge in [-0.3, -0.25) is 4.79 Å². The second-order valence-electron chi connectivity index (χ2n) is 5.01. The highest BCUT2D eigenvalue weighted by atomic mass is 16.1. The van der Waals surface area contributed by atoms with E-state index in [0.29, 0.717) is 12.2 Å². The molecule has 3 nitrogen and oxygen atoms in total. The Balaban J connectivity index is 2.01. The van der Waals surface area contributed by atoms with Crippen LogP contribution in [0.25, 0.3) is 0 Å². The minimum Gasteiger partial charge on any atom is -0.332 e. The molecule has 3 heteroatoms. The standard InChI is InChI=1S/C15H26N2O/c1-3-4-5-6-7-8-9-10-11-14(18)15-16-12-13-17(15)2/h12-13H,3-11H2,1-2H3. The molecule has 0 aromatic carbocycles. The molecule has 0 saturated carbocycles. The first kappa shape index (κ1) is 14.9. The number of aryl methyl sites for hydroxylation is 1. The number of unbranched alkanes of at least 4 members (excludes halogenated alkanes) is 7. The Labute approximate surface area is 111 Å². The van der Waals surface area contributed by atoms with Gasteiger partial charge in [-0.15, -0.1) is 0 Å². The molecular formula is C15H26N2O. The summed E-state index contributed by atoms with van der Waals surface area (Å²) < 4.78 is 1.80. The number of ketones is 1. The highest BCUT2D eigenvalue weighted by Crippen LogP contribution is 2.11. The van der Waals surface area contributed by atoms with Crippen LogP contribution >= 0.6 is 0 Å². The van der Waals surface area contributed by atoms with Gasteiger partial charge < -0.3 is 4.57 Å². The normalized spacial score (nSPS) is 10.8. The zero-order valence-electron chi connectivity index (χ0n) is 11.8. The summed E-state index contributed by atoms with van der Waals surface area (Å²) in [6, 6.07) is 0. The number of carbonyl (C=O) groups is 1.